The Bertz CT molecular complexity index is 306. The van der Waals surface area contributed by atoms with Crippen LogP contribution < -0.4 is 0 Å². The summed E-state index contributed by atoms with van der Waals surface area (Å²) in [6.45, 7) is 11.5. The first-order chi connectivity index (χ1) is 8.31. The third-order valence-corrected chi connectivity index (χ3v) is 3.35. The van der Waals surface area contributed by atoms with E-state index in [1.807, 2.05) is 18.2 Å². The summed E-state index contributed by atoms with van der Waals surface area (Å²) in [6.07, 6.45) is 19.7. The van der Waals surface area contributed by atoms with Crippen LogP contribution in [0.5, 0.6) is 0 Å². The van der Waals surface area contributed by atoms with Gasteiger partial charge in [-0.2, -0.15) is 0 Å². The van der Waals surface area contributed by atoms with Gasteiger partial charge in [-0.3, -0.25) is 0 Å². The molecule has 0 saturated carbocycles. The smallest absolute Gasteiger partial charge is 0.0133 e. The fraction of sp³-hybridized carbons (Fsp3) is 0.412. The molecule has 0 saturated heterocycles. The van der Waals surface area contributed by atoms with Gasteiger partial charge in [0.2, 0.25) is 0 Å². The van der Waals surface area contributed by atoms with E-state index in [4.69, 9.17) is 0 Å². The van der Waals surface area contributed by atoms with Crippen LogP contribution in [-0.4, -0.2) is 0 Å². The summed E-state index contributed by atoms with van der Waals surface area (Å²) in [7, 11) is 0. The zero-order valence-corrected chi connectivity index (χ0v) is 10.7. The van der Waals surface area contributed by atoms with Gasteiger partial charge in [0.05, 0.1) is 0 Å². The monoisotopic (exact) mass is 228 g/mol. The van der Waals surface area contributed by atoms with Gasteiger partial charge in [-0.15, -0.1) is 19.7 Å². The summed E-state index contributed by atoms with van der Waals surface area (Å²) >= 11 is 0. The average molecular weight is 228 g/mol. The van der Waals surface area contributed by atoms with E-state index >= 15 is 0 Å². The van der Waals surface area contributed by atoms with Crippen molar-refractivity contribution >= 4 is 0 Å². The fourth-order valence-electron chi connectivity index (χ4n) is 2.37. The van der Waals surface area contributed by atoms with Gasteiger partial charge in [0.25, 0.3) is 0 Å². The molecule has 1 rings (SSSR count). The van der Waals surface area contributed by atoms with Gasteiger partial charge < -0.3 is 0 Å². The molecule has 0 aromatic rings. The summed E-state index contributed by atoms with van der Waals surface area (Å²) in [5.74, 6) is 1.75. The van der Waals surface area contributed by atoms with Crippen LogP contribution in [0.4, 0.5) is 0 Å². The minimum atomic E-state index is 0.564. The van der Waals surface area contributed by atoms with E-state index in [1.165, 1.54) is 0 Å². The van der Waals surface area contributed by atoms with Crippen molar-refractivity contribution in [1.82, 2.24) is 0 Å². The first-order valence-corrected chi connectivity index (χ1v) is 6.49. The third kappa shape index (κ3) is 4.60. The molecule has 0 aliphatic heterocycles. The van der Waals surface area contributed by atoms with E-state index in [9.17, 15) is 0 Å². The van der Waals surface area contributed by atoms with Gasteiger partial charge in [-0.25, -0.2) is 0 Å². The highest BCUT2D eigenvalue weighted by Gasteiger charge is 2.16. The Hall–Kier alpha value is -1.30. The third-order valence-electron chi connectivity index (χ3n) is 3.35. The first-order valence-electron chi connectivity index (χ1n) is 6.49. The first kappa shape index (κ1) is 13.8. The van der Waals surface area contributed by atoms with E-state index in [-0.39, 0.29) is 0 Å². The minimum absolute atomic E-state index is 0.564. The maximum Gasteiger partial charge on any atom is -0.0133 e. The van der Waals surface area contributed by atoms with Gasteiger partial charge in [0.15, 0.2) is 0 Å². The zero-order chi connectivity index (χ0) is 12.5. The summed E-state index contributed by atoms with van der Waals surface area (Å²) in [4.78, 5) is 0. The highest BCUT2D eigenvalue weighted by molar-refractivity contribution is 5.09. The predicted octanol–water partition coefficient (Wildman–Crippen LogP) is 5.08. The molecule has 0 heterocycles. The summed E-state index contributed by atoms with van der Waals surface area (Å²) in [5.41, 5.74) is 0. The van der Waals surface area contributed by atoms with Crippen LogP contribution in [0.3, 0.4) is 0 Å². The van der Waals surface area contributed by atoms with Crippen molar-refractivity contribution in [2.75, 3.05) is 0 Å². The predicted molar refractivity (Wildman–Crippen MR) is 77.8 cm³/mol. The van der Waals surface area contributed by atoms with Gasteiger partial charge in [0.1, 0.15) is 0 Å². The highest BCUT2D eigenvalue weighted by Crippen LogP contribution is 2.27. The molecule has 0 aromatic carbocycles. The van der Waals surface area contributed by atoms with E-state index in [0.717, 1.165) is 25.7 Å². The lowest BCUT2D eigenvalue weighted by Crippen LogP contribution is -2.11. The second-order valence-corrected chi connectivity index (χ2v) is 4.71. The summed E-state index contributed by atoms with van der Waals surface area (Å²) in [5, 5.41) is 0. The molecule has 17 heavy (non-hydrogen) atoms. The van der Waals surface area contributed by atoms with Crippen LogP contribution in [0.2, 0.25) is 0 Å². The molecular formula is C17H24. The molecule has 3 unspecified atom stereocenters. The van der Waals surface area contributed by atoms with Crippen LogP contribution in [0.15, 0.2) is 62.3 Å². The zero-order valence-electron chi connectivity index (χ0n) is 10.7. The van der Waals surface area contributed by atoms with Crippen molar-refractivity contribution < 1.29 is 0 Å². The molecule has 1 aliphatic carbocycles. The van der Waals surface area contributed by atoms with Crippen molar-refractivity contribution in [3.63, 3.8) is 0 Å². The molecule has 0 amide bonds. The van der Waals surface area contributed by atoms with Gasteiger partial charge in [-0.05, 0) is 43.4 Å². The normalized spacial score (nSPS) is 28.1. The molecular weight excluding hydrogens is 204 g/mol. The summed E-state index contributed by atoms with van der Waals surface area (Å²) in [6, 6.07) is 0. The average Bonchev–Trinajstić information content (AvgIpc) is 2.31. The topological polar surface area (TPSA) is 0 Å². The SMILES string of the molecule is C=CCC1C=CC(CC=C)C(CC=C)C=CC1. The molecule has 1 aliphatic rings. The number of rotatable bonds is 6. The Morgan fingerprint density at radius 1 is 0.824 bits per heavy atom. The molecule has 0 nitrogen and oxygen atoms in total. The highest BCUT2D eigenvalue weighted by atomic mass is 14.2. The molecule has 0 N–H and O–H groups in total. The van der Waals surface area contributed by atoms with Crippen molar-refractivity contribution in [1.29, 1.82) is 0 Å². The van der Waals surface area contributed by atoms with Crippen molar-refractivity contribution in [2.45, 2.75) is 25.7 Å². The lowest BCUT2D eigenvalue weighted by atomic mass is 9.83. The van der Waals surface area contributed by atoms with Crippen LogP contribution in [0, 0.1) is 17.8 Å². The van der Waals surface area contributed by atoms with E-state index in [1.54, 1.807) is 0 Å². The Morgan fingerprint density at radius 3 is 2.00 bits per heavy atom. The van der Waals surface area contributed by atoms with Gasteiger partial charge in [0, 0.05) is 0 Å². The molecule has 0 bridgehead atoms. The quantitative estimate of drug-likeness (QED) is 0.556. The van der Waals surface area contributed by atoms with Gasteiger partial charge in [-0.1, -0.05) is 42.5 Å². The van der Waals surface area contributed by atoms with Crippen molar-refractivity contribution in [3.8, 4) is 0 Å². The molecule has 92 valence electrons. The number of allylic oxidation sites excluding steroid dienone is 7. The van der Waals surface area contributed by atoms with E-state index in [2.05, 4.69) is 44.0 Å². The lowest BCUT2D eigenvalue weighted by molar-refractivity contribution is 0.472. The Morgan fingerprint density at radius 2 is 1.41 bits per heavy atom. The molecule has 0 heteroatoms. The standard InChI is InChI=1S/C17H24/c1-4-8-15-11-7-12-16(9-5-2)17(10-6-3)14-13-15/h4-7,12-17H,1-3,8-11H2. The second kappa shape index (κ2) is 7.89. The van der Waals surface area contributed by atoms with Gasteiger partial charge >= 0.3 is 0 Å². The second-order valence-electron chi connectivity index (χ2n) is 4.71. The lowest BCUT2D eigenvalue weighted by Gasteiger charge is -2.22. The molecule has 0 radical (unpaired) electrons. The van der Waals surface area contributed by atoms with E-state index in [0.29, 0.717) is 17.8 Å². The maximum absolute atomic E-state index is 3.86. The Labute approximate surface area is 106 Å². The Balaban J connectivity index is 2.76. The van der Waals surface area contributed by atoms with Crippen LogP contribution in [-0.2, 0) is 0 Å². The largest absolute Gasteiger partial charge is 0.103 e. The van der Waals surface area contributed by atoms with Crippen LogP contribution in [0.25, 0.3) is 0 Å². The fourth-order valence-corrected chi connectivity index (χ4v) is 2.37. The molecule has 0 aromatic heterocycles. The van der Waals surface area contributed by atoms with Crippen molar-refractivity contribution in [3.05, 3.63) is 62.3 Å². The van der Waals surface area contributed by atoms with E-state index < -0.39 is 0 Å². The van der Waals surface area contributed by atoms with Crippen LogP contribution >= 0.6 is 0 Å². The number of hydrogen-bond donors (Lipinski definition) is 0. The number of hydrogen-bond acceptors (Lipinski definition) is 0. The molecule has 0 spiro atoms. The maximum atomic E-state index is 3.86. The Kier molecular flexibility index (Phi) is 6.39. The minimum Gasteiger partial charge on any atom is -0.103 e. The van der Waals surface area contributed by atoms with Crippen LogP contribution in [0.1, 0.15) is 25.7 Å². The molecule has 0 fully saturated rings. The van der Waals surface area contributed by atoms with Crippen molar-refractivity contribution in [2.24, 2.45) is 17.8 Å². The summed E-state index contributed by atoms with van der Waals surface area (Å²) < 4.78 is 0. The molecule has 3 atom stereocenters.